The summed E-state index contributed by atoms with van der Waals surface area (Å²) in [7, 11) is 0. The van der Waals surface area contributed by atoms with E-state index in [1.54, 1.807) is 0 Å². The first-order chi connectivity index (χ1) is 10.8. The van der Waals surface area contributed by atoms with Crippen molar-refractivity contribution in [2.75, 3.05) is 0 Å². The van der Waals surface area contributed by atoms with Gasteiger partial charge in [0.1, 0.15) is 5.75 Å². The lowest BCUT2D eigenvalue weighted by Gasteiger charge is -2.14. The van der Waals surface area contributed by atoms with Gasteiger partial charge in [0, 0.05) is 17.0 Å². The van der Waals surface area contributed by atoms with Crippen molar-refractivity contribution in [3.63, 3.8) is 0 Å². The van der Waals surface area contributed by atoms with Crippen molar-refractivity contribution in [1.82, 2.24) is 0 Å². The number of rotatable bonds is 3. The fourth-order valence-electron chi connectivity index (χ4n) is 2.81. The van der Waals surface area contributed by atoms with Gasteiger partial charge in [-0.15, -0.1) is 0 Å². The first kappa shape index (κ1) is 14.4. The smallest absolute Gasteiger partial charge is 0.131 e. The summed E-state index contributed by atoms with van der Waals surface area (Å²) in [5.41, 5.74) is 4.78. The van der Waals surface area contributed by atoms with E-state index in [0.717, 1.165) is 17.5 Å². The lowest BCUT2D eigenvalue weighted by molar-refractivity contribution is 0.494. The second kappa shape index (κ2) is 6.48. The van der Waals surface area contributed by atoms with Crippen LogP contribution in [0, 0.1) is 0 Å². The van der Waals surface area contributed by atoms with Gasteiger partial charge in [-0.2, -0.15) is 0 Å². The normalized spacial score (nSPS) is 12.0. The molecule has 0 spiro atoms. The number of phenols is 1. The fraction of sp³-hybridized carbons (Fsp3) is 0.143. The Balaban J connectivity index is 0.000000202. The molecule has 4 rings (SSSR count). The Kier molecular flexibility index (Phi) is 4.24. The zero-order chi connectivity index (χ0) is 15.4. The number of fused-ring (bicyclic) bond motifs is 1. The molecule has 2 aromatic carbocycles. The summed E-state index contributed by atoms with van der Waals surface area (Å²) >= 11 is 0. The van der Waals surface area contributed by atoms with Crippen molar-refractivity contribution in [3.8, 4) is 16.9 Å². The summed E-state index contributed by atoms with van der Waals surface area (Å²) in [5, 5.41) is 9.36. The van der Waals surface area contributed by atoms with E-state index >= 15 is 0 Å². The second-order valence-electron chi connectivity index (χ2n) is 5.49. The maximum absolute atomic E-state index is 9.36. The molecule has 0 amide bonds. The molecule has 0 radical (unpaired) electrons. The molecule has 0 bridgehead atoms. The van der Waals surface area contributed by atoms with Crippen molar-refractivity contribution < 1.29 is 5.11 Å². The van der Waals surface area contributed by atoms with Gasteiger partial charge in [-0.1, -0.05) is 73.7 Å². The molecule has 1 nitrogen and oxygen atoms in total. The number of phenolic OH excluding ortho intramolecular Hbond substituents is 1. The van der Waals surface area contributed by atoms with Crippen LogP contribution >= 0.6 is 0 Å². The van der Waals surface area contributed by atoms with Gasteiger partial charge in [-0.05, 0) is 29.7 Å². The molecule has 2 aromatic rings. The molecular weight excluding hydrogens is 268 g/mol. The van der Waals surface area contributed by atoms with Crippen LogP contribution in [0.4, 0.5) is 0 Å². The van der Waals surface area contributed by atoms with Crippen molar-refractivity contribution in [1.29, 1.82) is 0 Å². The lowest BCUT2D eigenvalue weighted by atomic mass is 9.91. The topological polar surface area (TPSA) is 20.2 Å². The van der Waals surface area contributed by atoms with Crippen LogP contribution in [0.25, 0.3) is 11.1 Å². The second-order valence-corrected chi connectivity index (χ2v) is 5.49. The van der Waals surface area contributed by atoms with Gasteiger partial charge in [-0.3, -0.25) is 0 Å². The maximum Gasteiger partial charge on any atom is 0.131 e. The lowest BCUT2D eigenvalue weighted by Crippen LogP contribution is -1.97. The summed E-state index contributed by atoms with van der Waals surface area (Å²) in [5.74, 6) is 0.952. The highest BCUT2D eigenvalue weighted by atomic mass is 16.3. The molecule has 2 aliphatic rings. The number of hydrogen-bond donors (Lipinski definition) is 1. The zero-order valence-electron chi connectivity index (χ0n) is 12.7. The molecule has 0 aromatic heterocycles. The molecule has 1 unspecified atom stereocenters. The molecular formula is C21H20O. The Labute approximate surface area is 131 Å². The van der Waals surface area contributed by atoms with E-state index in [0.29, 0.717) is 11.7 Å². The van der Waals surface area contributed by atoms with Crippen LogP contribution in [0.1, 0.15) is 30.4 Å². The average Bonchev–Trinajstić information content (AvgIpc) is 3.00. The SMILES string of the molecule is CCC(c1ccccc1)c1cc2c(O)c-2c1.c1ccccc1. The Bertz CT molecular complexity index is 683. The molecule has 0 heterocycles. The van der Waals surface area contributed by atoms with Crippen LogP contribution < -0.4 is 0 Å². The van der Waals surface area contributed by atoms with Crippen molar-refractivity contribution in [2.45, 2.75) is 19.3 Å². The molecule has 0 saturated carbocycles. The Hall–Kier alpha value is -2.54. The van der Waals surface area contributed by atoms with Crippen LogP contribution in [-0.4, -0.2) is 5.11 Å². The van der Waals surface area contributed by atoms with E-state index in [1.807, 2.05) is 42.5 Å². The highest BCUT2D eigenvalue weighted by molar-refractivity contribution is 5.95. The van der Waals surface area contributed by atoms with Crippen LogP contribution in [-0.2, 0) is 0 Å². The Morgan fingerprint density at radius 3 is 1.64 bits per heavy atom. The summed E-state index contributed by atoms with van der Waals surface area (Å²) < 4.78 is 0. The van der Waals surface area contributed by atoms with Gasteiger partial charge < -0.3 is 5.11 Å². The average molecular weight is 288 g/mol. The molecule has 0 fully saturated rings. The third-order valence-electron chi connectivity index (χ3n) is 4.04. The van der Waals surface area contributed by atoms with Crippen molar-refractivity contribution in [3.05, 3.63) is 90.0 Å². The minimum atomic E-state index is 0.460. The third kappa shape index (κ3) is 3.04. The molecule has 1 N–H and O–H groups in total. The van der Waals surface area contributed by atoms with Gasteiger partial charge in [0.2, 0.25) is 0 Å². The molecule has 1 heteroatoms. The summed E-state index contributed by atoms with van der Waals surface area (Å²) in [6.45, 7) is 2.20. The van der Waals surface area contributed by atoms with Crippen LogP contribution in [0.3, 0.4) is 0 Å². The van der Waals surface area contributed by atoms with Crippen LogP contribution in [0.5, 0.6) is 5.75 Å². The van der Waals surface area contributed by atoms with Gasteiger partial charge in [-0.25, -0.2) is 0 Å². The first-order valence-corrected chi connectivity index (χ1v) is 7.73. The van der Waals surface area contributed by atoms with Gasteiger partial charge in [0.25, 0.3) is 0 Å². The predicted octanol–water partition coefficient (Wildman–Crippen LogP) is 5.60. The van der Waals surface area contributed by atoms with E-state index in [2.05, 4.69) is 43.3 Å². The predicted molar refractivity (Wildman–Crippen MR) is 92.1 cm³/mol. The van der Waals surface area contributed by atoms with Gasteiger partial charge >= 0.3 is 0 Å². The summed E-state index contributed by atoms with van der Waals surface area (Å²) in [6.07, 6.45) is 1.09. The van der Waals surface area contributed by atoms with Gasteiger partial charge in [0.05, 0.1) is 0 Å². The number of benzene rings is 3. The minimum absolute atomic E-state index is 0.460. The minimum Gasteiger partial charge on any atom is -0.507 e. The maximum atomic E-state index is 9.36. The van der Waals surface area contributed by atoms with Crippen molar-refractivity contribution in [2.24, 2.45) is 0 Å². The fourth-order valence-corrected chi connectivity index (χ4v) is 2.81. The quantitative estimate of drug-likeness (QED) is 0.520. The van der Waals surface area contributed by atoms with Crippen LogP contribution in [0.2, 0.25) is 0 Å². The summed E-state index contributed by atoms with van der Waals surface area (Å²) in [6, 6.07) is 26.8. The summed E-state index contributed by atoms with van der Waals surface area (Å²) in [4.78, 5) is 0. The van der Waals surface area contributed by atoms with E-state index in [1.165, 1.54) is 11.1 Å². The van der Waals surface area contributed by atoms with E-state index in [9.17, 15) is 5.11 Å². The standard InChI is InChI=1S/C15H14O.C6H6/c1-2-12(10-6-4-3-5-7-10)11-8-13-14(9-11)15(13)16;1-2-4-6-5-3-1/h3-9,12,16H,2H2,1H3;1-6H. The number of aromatic hydroxyl groups is 1. The van der Waals surface area contributed by atoms with Crippen molar-refractivity contribution >= 4 is 0 Å². The molecule has 110 valence electrons. The third-order valence-corrected chi connectivity index (χ3v) is 4.04. The highest BCUT2D eigenvalue weighted by Gasteiger charge is 2.27. The van der Waals surface area contributed by atoms with E-state index in [-0.39, 0.29) is 0 Å². The molecule has 1 atom stereocenters. The number of hydrogen-bond acceptors (Lipinski definition) is 1. The monoisotopic (exact) mass is 288 g/mol. The highest BCUT2D eigenvalue weighted by Crippen LogP contribution is 2.53. The van der Waals surface area contributed by atoms with Gasteiger partial charge in [0.15, 0.2) is 0 Å². The largest absolute Gasteiger partial charge is 0.507 e. The molecule has 2 aliphatic carbocycles. The van der Waals surface area contributed by atoms with E-state index in [4.69, 9.17) is 0 Å². The Morgan fingerprint density at radius 2 is 1.18 bits per heavy atom. The Morgan fingerprint density at radius 1 is 0.727 bits per heavy atom. The first-order valence-electron chi connectivity index (χ1n) is 7.73. The molecule has 0 saturated heterocycles. The molecule has 0 aliphatic heterocycles. The molecule has 22 heavy (non-hydrogen) atoms. The van der Waals surface area contributed by atoms with Crippen LogP contribution in [0.15, 0.2) is 78.9 Å². The van der Waals surface area contributed by atoms with E-state index < -0.39 is 0 Å². The zero-order valence-corrected chi connectivity index (χ0v) is 12.7.